The van der Waals surface area contributed by atoms with Crippen molar-refractivity contribution in [1.29, 1.82) is 0 Å². The summed E-state index contributed by atoms with van der Waals surface area (Å²) in [6, 6.07) is 8.02. The molecule has 120 valence electrons. The number of piperidine rings is 1. The summed E-state index contributed by atoms with van der Waals surface area (Å²) in [4.78, 5) is 14.8. The minimum absolute atomic E-state index is 0.0553. The molecule has 3 nitrogen and oxygen atoms in total. The Morgan fingerprint density at radius 2 is 2.05 bits per heavy atom. The van der Waals surface area contributed by atoms with Crippen molar-refractivity contribution in [3.63, 3.8) is 0 Å². The summed E-state index contributed by atoms with van der Waals surface area (Å²) in [6.45, 7) is 3.12. The second-order valence-corrected chi connectivity index (χ2v) is 7.74. The van der Waals surface area contributed by atoms with Crippen molar-refractivity contribution in [3.8, 4) is 0 Å². The highest BCUT2D eigenvalue weighted by Gasteiger charge is 2.27. The quantitative estimate of drug-likeness (QED) is 0.914. The zero-order valence-corrected chi connectivity index (χ0v) is 14.3. The van der Waals surface area contributed by atoms with Crippen LogP contribution in [0, 0.1) is 5.92 Å². The summed E-state index contributed by atoms with van der Waals surface area (Å²) in [5.74, 6) is 3.16. The Hall–Kier alpha value is -0.710. The van der Waals surface area contributed by atoms with E-state index in [0.717, 1.165) is 12.6 Å². The number of amides is 1. The van der Waals surface area contributed by atoms with Gasteiger partial charge in [0.1, 0.15) is 0 Å². The fourth-order valence-electron chi connectivity index (χ4n) is 3.31. The van der Waals surface area contributed by atoms with Crippen LogP contribution in [0.25, 0.3) is 0 Å². The van der Waals surface area contributed by atoms with Gasteiger partial charge in [-0.1, -0.05) is 23.7 Å². The van der Waals surface area contributed by atoms with Crippen LogP contribution in [0.2, 0.25) is 5.02 Å². The first kappa shape index (κ1) is 16.2. The fourth-order valence-corrected chi connectivity index (χ4v) is 4.79. The lowest BCUT2D eigenvalue weighted by Gasteiger charge is -2.35. The average Bonchev–Trinajstić information content (AvgIpc) is 3.08. The van der Waals surface area contributed by atoms with E-state index in [0.29, 0.717) is 16.5 Å². The molecule has 2 aliphatic heterocycles. The van der Waals surface area contributed by atoms with Crippen molar-refractivity contribution in [1.82, 2.24) is 10.2 Å². The molecule has 1 aromatic carbocycles. The molecule has 0 aliphatic carbocycles. The molecule has 1 atom stereocenters. The Morgan fingerprint density at radius 3 is 2.73 bits per heavy atom. The van der Waals surface area contributed by atoms with Gasteiger partial charge in [0.05, 0.1) is 10.6 Å². The molecule has 2 saturated heterocycles. The maximum Gasteiger partial charge on any atom is 0.252 e. The van der Waals surface area contributed by atoms with Gasteiger partial charge in [-0.2, -0.15) is 11.8 Å². The van der Waals surface area contributed by atoms with E-state index in [1.54, 1.807) is 12.1 Å². The number of carbonyl (C=O) groups excluding carboxylic acids is 1. The number of nitrogens with zero attached hydrogens (tertiary/aromatic N) is 1. The molecule has 2 heterocycles. The Labute approximate surface area is 141 Å². The number of hydrogen-bond acceptors (Lipinski definition) is 3. The normalized spacial score (nSPS) is 23.6. The molecule has 3 rings (SSSR count). The van der Waals surface area contributed by atoms with Crippen molar-refractivity contribution < 1.29 is 4.79 Å². The molecule has 22 heavy (non-hydrogen) atoms. The largest absolute Gasteiger partial charge is 0.352 e. The van der Waals surface area contributed by atoms with Gasteiger partial charge in [-0.25, -0.2) is 0 Å². The number of carbonyl (C=O) groups is 1. The van der Waals surface area contributed by atoms with Gasteiger partial charge in [0.25, 0.3) is 5.91 Å². The van der Waals surface area contributed by atoms with Crippen molar-refractivity contribution in [2.24, 2.45) is 5.92 Å². The van der Waals surface area contributed by atoms with Crippen molar-refractivity contribution in [3.05, 3.63) is 34.9 Å². The van der Waals surface area contributed by atoms with Crippen LogP contribution in [-0.2, 0) is 0 Å². The summed E-state index contributed by atoms with van der Waals surface area (Å²) in [5, 5.41) is 3.57. The zero-order chi connectivity index (χ0) is 15.4. The molecule has 0 spiro atoms. The number of benzene rings is 1. The second-order valence-electron chi connectivity index (χ2n) is 6.19. The minimum atomic E-state index is -0.0553. The molecule has 0 aromatic heterocycles. The smallest absolute Gasteiger partial charge is 0.252 e. The molecular formula is C17H23ClN2OS. The van der Waals surface area contributed by atoms with Gasteiger partial charge in [-0.15, -0.1) is 0 Å². The lowest BCUT2D eigenvalue weighted by atomic mass is 9.95. The first-order chi connectivity index (χ1) is 10.7. The van der Waals surface area contributed by atoms with E-state index in [2.05, 4.69) is 22.0 Å². The Balaban J connectivity index is 1.43. The summed E-state index contributed by atoms with van der Waals surface area (Å²) < 4.78 is 0. The molecule has 0 bridgehead atoms. The lowest BCUT2D eigenvalue weighted by molar-refractivity contribution is 0.0928. The van der Waals surface area contributed by atoms with E-state index in [9.17, 15) is 4.79 Å². The van der Waals surface area contributed by atoms with Crippen LogP contribution in [-0.4, -0.2) is 48.0 Å². The van der Waals surface area contributed by atoms with Gasteiger partial charge in [0.2, 0.25) is 0 Å². The summed E-state index contributed by atoms with van der Waals surface area (Å²) in [7, 11) is 0. The minimum Gasteiger partial charge on any atom is -0.352 e. The molecule has 2 fully saturated rings. The highest BCUT2D eigenvalue weighted by Crippen LogP contribution is 2.26. The van der Waals surface area contributed by atoms with Crippen LogP contribution in [0.3, 0.4) is 0 Å². The zero-order valence-electron chi connectivity index (χ0n) is 12.8. The molecule has 1 amide bonds. The number of hydrogen-bond donors (Lipinski definition) is 1. The van der Waals surface area contributed by atoms with Crippen LogP contribution in [0.4, 0.5) is 0 Å². The molecule has 2 aliphatic rings. The van der Waals surface area contributed by atoms with E-state index >= 15 is 0 Å². The van der Waals surface area contributed by atoms with Crippen LogP contribution in [0.5, 0.6) is 0 Å². The molecule has 0 radical (unpaired) electrons. The van der Waals surface area contributed by atoms with Gasteiger partial charge >= 0.3 is 0 Å². The number of halogens is 1. The molecule has 1 N–H and O–H groups in total. The number of likely N-dealkylation sites (tertiary alicyclic amines) is 1. The van der Waals surface area contributed by atoms with Crippen molar-refractivity contribution >= 4 is 29.3 Å². The third-order valence-electron chi connectivity index (χ3n) is 4.74. The molecule has 0 saturated carbocycles. The van der Waals surface area contributed by atoms with E-state index in [1.165, 1.54) is 43.9 Å². The van der Waals surface area contributed by atoms with Crippen LogP contribution >= 0.6 is 23.4 Å². The standard InChI is InChI=1S/C17H23ClN2OS/c18-16-4-2-1-3-15(16)17(21)19-11-13-5-8-20(9-6-13)14-7-10-22-12-14/h1-4,13-14H,5-12H2,(H,19,21)/t14-/m0/s1. The lowest BCUT2D eigenvalue weighted by Crippen LogP contribution is -2.43. The van der Waals surface area contributed by atoms with Gasteiger partial charge in [0.15, 0.2) is 0 Å². The number of nitrogens with one attached hydrogen (secondary N) is 1. The highest BCUT2D eigenvalue weighted by atomic mass is 35.5. The van der Waals surface area contributed by atoms with Gasteiger partial charge in [0, 0.05) is 18.3 Å². The predicted molar refractivity (Wildman–Crippen MR) is 93.8 cm³/mol. The Bertz CT molecular complexity index is 511. The number of thioether (sulfide) groups is 1. The number of rotatable bonds is 4. The third-order valence-corrected chi connectivity index (χ3v) is 6.22. The van der Waals surface area contributed by atoms with E-state index in [1.807, 2.05) is 12.1 Å². The topological polar surface area (TPSA) is 32.3 Å². The highest BCUT2D eigenvalue weighted by molar-refractivity contribution is 7.99. The van der Waals surface area contributed by atoms with Crippen LogP contribution < -0.4 is 5.32 Å². The average molecular weight is 339 g/mol. The second kappa shape index (κ2) is 7.71. The first-order valence-corrected chi connectivity index (χ1v) is 9.62. The maximum absolute atomic E-state index is 12.2. The molecule has 1 aromatic rings. The van der Waals surface area contributed by atoms with Gasteiger partial charge in [-0.3, -0.25) is 9.69 Å². The van der Waals surface area contributed by atoms with Crippen LogP contribution in [0.1, 0.15) is 29.6 Å². The van der Waals surface area contributed by atoms with E-state index in [4.69, 9.17) is 11.6 Å². The fraction of sp³-hybridized carbons (Fsp3) is 0.588. The monoisotopic (exact) mass is 338 g/mol. The van der Waals surface area contributed by atoms with Crippen LogP contribution in [0.15, 0.2) is 24.3 Å². The molecule has 0 unspecified atom stereocenters. The van der Waals surface area contributed by atoms with Gasteiger partial charge < -0.3 is 5.32 Å². The maximum atomic E-state index is 12.2. The molecule has 5 heteroatoms. The summed E-state index contributed by atoms with van der Waals surface area (Å²) in [6.07, 6.45) is 3.71. The predicted octanol–water partition coefficient (Wildman–Crippen LogP) is 3.29. The van der Waals surface area contributed by atoms with Gasteiger partial charge in [-0.05, 0) is 56.2 Å². The van der Waals surface area contributed by atoms with E-state index < -0.39 is 0 Å². The van der Waals surface area contributed by atoms with E-state index in [-0.39, 0.29) is 5.91 Å². The summed E-state index contributed by atoms with van der Waals surface area (Å²) >= 11 is 8.14. The first-order valence-electron chi connectivity index (χ1n) is 8.08. The molecular weight excluding hydrogens is 316 g/mol. The third kappa shape index (κ3) is 3.98. The Morgan fingerprint density at radius 1 is 1.27 bits per heavy atom. The SMILES string of the molecule is O=C(NCC1CCN([C@H]2CCSC2)CC1)c1ccccc1Cl. The van der Waals surface area contributed by atoms with Crippen molar-refractivity contribution in [2.45, 2.75) is 25.3 Å². The summed E-state index contributed by atoms with van der Waals surface area (Å²) in [5.41, 5.74) is 0.574. The van der Waals surface area contributed by atoms with Crippen molar-refractivity contribution in [2.75, 3.05) is 31.1 Å². The Kier molecular flexibility index (Phi) is 5.66.